The van der Waals surface area contributed by atoms with E-state index in [1.807, 2.05) is 12.1 Å². The number of halogens is 1. The zero-order chi connectivity index (χ0) is 12.3. The third-order valence-corrected chi connectivity index (χ3v) is 5.13. The molecule has 4 heteroatoms. The van der Waals surface area contributed by atoms with Gasteiger partial charge < -0.3 is 5.73 Å². The molecular formula is C13H14ClNS2. The van der Waals surface area contributed by atoms with Crippen LogP contribution in [0, 0.1) is 6.92 Å². The quantitative estimate of drug-likeness (QED) is 0.836. The molecule has 1 aromatic carbocycles. The van der Waals surface area contributed by atoms with E-state index in [1.165, 1.54) is 10.5 Å². The van der Waals surface area contributed by atoms with E-state index in [0.29, 0.717) is 0 Å². The van der Waals surface area contributed by atoms with E-state index in [2.05, 4.69) is 31.2 Å². The number of hydrogen-bond acceptors (Lipinski definition) is 3. The standard InChI is InChI=1S/C13H14ClNS2/c1-9-4-2-3-5-11(9)16-8-10(15)12-6-7-13(14)17-12/h2-7,10H,8,15H2,1H3. The Bertz CT molecular complexity index is 496. The minimum Gasteiger partial charge on any atom is -0.323 e. The number of benzene rings is 1. The monoisotopic (exact) mass is 283 g/mol. The van der Waals surface area contributed by atoms with E-state index < -0.39 is 0 Å². The van der Waals surface area contributed by atoms with Gasteiger partial charge >= 0.3 is 0 Å². The first-order valence-electron chi connectivity index (χ1n) is 5.36. The highest BCUT2D eigenvalue weighted by Gasteiger charge is 2.09. The van der Waals surface area contributed by atoms with Crippen LogP contribution in [-0.2, 0) is 0 Å². The van der Waals surface area contributed by atoms with Crippen LogP contribution in [0.2, 0.25) is 4.34 Å². The highest BCUT2D eigenvalue weighted by atomic mass is 35.5. The van der Waals surface area contributed by atoms with Crippen LogP contribution in [0.25, 0.3) is 0 Å². The summed E-state index contributed by atoms with van der Waals surface area (Å²) < 4.78 is 0.802. The van der Waals surface area contributed by atoms with Crippen LogP contribution in [0.1, 0.15) is 16.5 Å². The second kappa shape index (κ2) is 5.91. The first kappa shape index (κ1) is 13.0. The Morgan fingerprint density at radius 2 is 2.06 bits per heavy atom. The van der Waals surface area contributed by atoms with Gasteiger partial charge in [-0.2, -0.15) is 0 Å². The maximum absolute atomic E-state index is 6.14. The lowest BCUT2D eigenvalue weighted by molar-refractivity contribution is 0.852. The minimum atomic E-state index is 0.0529. The molecule has 1 unspecified atom stereocenters. The summed E-state index contributed by atoms with van der Waals surface area (Å²) in [7, 11) is 0. The maximum atomic E-state index is 6.14. The summed E-state index contributed by atoms with van der Waals surface area (Å²) >= 11 is 9.26. The molecule has 0 spiro atoms. The largest absolute Gasteiger partial charge is 0.323 e. The smallest absolute Gasteiger partial charge is 0.0931 e. The summed E-state index contributed by atoms with van der Waals surface area (Å²) in [5, 5.41) is 0. The van der Waals surface area contributed by atoms with Crippen LogP contribution < -0.4 is 5.73 Å². The summed E-state index contributed by atoms with van der Waals surface area (Å²) in [6, 6.07) is 12.3. The highest BCUT2D eigenvalue weighted by molar-refractivity contribution is 7.99. The van der Waals surface area contributed by atoms with Crippen LogP contribution in [0.15, 0.2) is 41.3 Å². The Morgan fingerprint density at radius 1 is 1.29 bits per heavy atom. The Hall–Kier alpha value is -0.480. The van der Waals surface area contributed by atoms with Crippen LogP contribution >= 0.6 is 34.7 Å². The van der Waals surface area contributed by atoms with Gasteiger partial charge in [0, 0.05) is 21.6 Å². The van der Waals surface area contributed by atoms with Gasteiger partial charge in [-0.15, -0.1) is 23.1 Å². The number of thioether (sulfide) groups is 1. The summed E-state index contributed by atoms with van der Waals surface area (Å²) in [6.45, 7) is 2.12. The van der Waals surface area contributed by atoms with Crippen molar-refractivity contribution in [1.29, 1.82) is 0 Å². The number of rotatable bonds is 4. The topological polar surface area (TPSA) is 26.0 Å². The molecule has 90 valence electrons. The zero-order valence-electron chi connectivity index (χ0n) is 9.52. The van der Waals surface area contributed by atoms with Gasteiger partial charge in [-0.3, -0.25) is 0 Å². The van der Waals surface area contributed by atoms with Crippen molar-refractivity contribution in [2.45, 2.75) is 17.9 Å². The van der Waals surface area contributed by atoms with E-state index >= 15 is 0 Å². The summed E-state index contributed by atoms with van der Waals surface area (Å²) in [6.07, 6.45) is 0. The molecule has 1 nitrogen and oxygen atoms in total. The number of hydrogen-bond donors (Lipinski definition) is 1. The Kier molecular flexibility index (Phi) is 4.51. The van der Waals surface area contributed by atoms with Crippen molar-refractivity contribution in [2.75, 3.05) is 5.75 Å². The van der Waals surface area contributed by atoms with Gasteiger partial charge in [0.25, 0.3) is 0 Å². The van der Waals surface area contributed by atoms with Crippen molar-refractivity contribution in [2.24, 2.45) is 5.73 Å². The molecule has 2 rings (SSSR count). The van der Waals surface area contributed by atoms with Crippen molar-refractivity contribution in [3.63, 3.8) is 0 Å². The molecule has 1 atom stereocenters. The van der Waals surface area contributed by atoms with Crippen molar-refractivity contribution in [3.8, 4) is 0 Å². The van der Waals surface area contributed by atoms with Crippen LogP contribution in [0.4, 0.5) is 0 Å². The average Bonchev–Trinajstić information content (AvgIpc) is 2.74. The van der Waals surface area contributed by atoms with Gasteiger partial charge in [-0.05, 0) is 30.7 Å². The lowest BCUT2D eigenvalue weighted by Crippen LogP contribution is -2.11. The predicted octanol–water partition coefficient (Wildman–Crippen LogP) is 4.50. The molecule has 0 saturated heterocycles. The summed E-state index contributed by atoms with van der Waals surface area (Å²) in [4.78, 5) is 2.45. The zero-order valence-corrected chi connectivity index (χ0v) is 11.9. The first-order valence-corrected chi connectivity index (χ1v) is 7.54. The minimum absolute atomic E-state index is 0.0529. The number of nitrogens with two attached hydrogens (primary N) is 1. The number of aryl methyl sites for hydroxylation is 1. The highest BCUT2D eigenvalue weighted by Crippen LogP contribution is 2.30. The Morgan fingerprint density at radius 3 is 2.71 bits per heavy atom. The molecule has 0 amide bonds. The van der Waals surface area contributed by atoms with Gasteiger partial charge in [0.05, 0.1) is 4.34 Å². The SMILES string of the molecule is Cc1ccccc1SCC(N)c1ccc(Cl)s1. The summed E-state index contributed by atoms with van der Waals surface area (Å²) in [5.74, 6) is 0.877. The lowest BCUT2D eigenvalue weighted by Gasteiger charge is -2.10. The third kappa shape index (κ3) is 3.49. The number of thiophene rings is 1. The van der Waals surface area contributed by atoms with E-state index in [-0.39, 0.29) is 6.04 Å². The van der Waals surface area contributed by atoms with E-state index in [4.69, 9.17) is 17.3 Å². The van der Waals surface area contributed by atoms with Gasteiger partial charge in [-0.1, -0.05) is 29.8 Å². The Balaban J connectivity index is 1.97. The van der Waals surface area contributed by atoms with Gasteiger partial charge in [0.15, 0.2) is 0 Å². The third-order valence-electron chi connectivity index (χ3n) is 2.47. The fourth-order valence-electron chi connectivity index (χ4n) is 1.51. The van der Waals surface area contributed by atoms with Gasteiger partial charge in [0.2, 0.25) is 0 Å². The predicted molar refractivity (Wildman–Crippen MR) is 78.2 cm³/mol. The second-order valence-electron chi connectivity index (χ2n) is 3.82. The molecule has 0 fully saturated rings. The molecule has 0 radical (unpaired) electrons. The van der Waals surface area contributed by atoms with E-state index in [9.17, 15) is 0 Å². The molecule has 0 aliphatic rings. The summed E-state index contributed by atoms with van der Waals surface area (Å²) in [5.41, 5.74) is 7.44. The molecular weight excluding hydrogens is 270 g/mol. The van der Waals surface area contributed by atoms with E-state index in [1.54, 1.807) is 23.1 Å². The average molecular weight is 284 g/mol. The van der Waals surface area contributed by atoms with E-state index in [0.717, 1.165) is 15.0 Å². The molecule has 0 saturated carbocycles. The van der Waals surface area contributed by atoms with Crippen molar-refractivity contribution in [1.82, 2.24) is 0 Å². The molecule has 0 aliphatic heterocycles. The molecule has 0 bridgehead atoms. The molecule has 17 heavy (non-hydrogen) atoms. The lowest BCUT2D eigenvalue weighted by atomic mass is 10.2. The van der Waals surface area contributed by atoms with Crippen molar-refractivity contribution >= 4 is 34.7 Å². The van der Waals surface area contributed by atoms with Crippen molar-refractivity contribution in [3.05, 3.63) is 51.2 Å². The molecule has 1 heterocycles. The van der Waals surface area contributed by atoms with Gasteiger partial charge in [0.1, 0.15) is 0 Å². The Labute approximate surface area is 115 Å². The van der Waals surface area contributed by atoms with Crippen LogP contribution in [0.5, 0.6) is 0 Å². The fourth-order valence-corrected chi connectivity index (χ4v) is 3.68. The first-order chi connectivity index (χ1) is 8.16. The van der Waals surface area contributed by atoms with Gasteiger partial charge in [-0.25, -0.2) is 0 Å². The maximum Gasteiger partial charge on any atom is 0.0931 e. The molecule has 1 aromatic heterocycles. The molecule has 0 aliphatic carbocycles. The van der Waals surface area contributed by atoms with Crippen LogP contribution in [0.3, 0.4) is 0 Å². The normalized spacial score (nSPS) is 12.6. The van der Waals surface area contributed by atoms with Crippen molar-refractivity contribution < 1.29 is 0 Å². The van der Waals surface area contributed by atoms with Crippen LogP contribution in [-0.4, -0.2) is 5.75 Å². The fraction of sp³-hybridized carbons (Fsp3) is 0.231. The second-order valence-corrected chi connectivity index (χ2v) is 6.63. The molecule has 2 N–H and O–H groups in total. The molecule has 2 aromatic rings.